The molecule has 0 saturated carbocycles. The minimum absolute atomic E-state index is 0.0765. The summed E-state index contributed by atoms with van der Waals surface area (Å²) >= 11 is 0. The fourth-order valence-corrected chi connectivity index (χ4v) is 2.21. The van der Waals surface area contributed by atoms with Crippen LogP contribution < -0.4 is 0 Å². The zero-order valence-electron chi connectivity index (χ0n) is 10.6. The molecule has 0 aliphatic rings. The molecule has 1 aromatic heterocycles. The lowest BCUT2D eigenvalue weighted by molar-refractivity contribution is 0.601. The Balaban J connectivity index is 2.36. The second-order valence-electron chi connectivity index (χ2n) is 4.40. The Kier molecular flexibility index (Phi) is 2.72. The molecule has 0 saturated heterocycles. The molecule has 0 radical (unpaired) electrons. The Morgan fingerprint density at radius 2 is 2.00 bits per heavy atom. The van der Waals surface area contributed by atoms with Gasteiger partial charge in [-0.2, -0.15) is 5.26 Å². The number of benzene rings is 2. The highest BCUT2D eigenvalue weighted by Gasteiger charge is 2.16. The Labute approximate surface area is 113 Å². The monoisotopic (exact) mass is 269 g/mol. The first-order valence-corrected chi connectivity index (χ1v) is 5.93. The topological polar surface area (TPSA) is 41.6 Å². The van der Waals surface area contributed by atoms with E-state index in [4.69, 9.17) is 5.26 Å². The van der Waals surface area contributed by atoms with Crippen molar-refractivity contribution in [3.63, 3.8) is 0 Å². The van der Waals surface area contributed by atoms with Crippen molar-refractivity contribution in [2.75, 3.05) is 0 Å². The number of para-hydroxylation sites is 1. The summed E-state index contributed by atoms with van der Waals surface area (Å²) in [5, 5.41) is 9.07. The lowest BCUT2D eigenvalue weighted by atomic mass is 10.2. The van der Waals surface area contributed by atoms with Crippen LogP contribution in [-0.4, -0.2) is 9.55 Å². The normalized spacial score (nSPS) is 10.7. The maximum Gasteiger partial charge on any atom is 0.143 e. The zero-order valence-corrected chi connectivity index (χ0v) is 10.6. The molecule has 0 spiro atoms. The number of halogens is 2. The van der Waals surface area contributed by atoms with E-state index in [0.29, 0.717) is 22.4 Å². The predicted octanol–water partition coefficient (Wildman–Crippen LogP) is 3.39. The molecule has 98 valence electrons. The van der Waals surface area contributed by atoms with Crippen molar-refractivity contribution in [3.8, 4) is 17.5 Å². The van der Waals surface area contributed by atoms with E-state index in [-0.39, 0.29) is 5.56 Å². The molecule has 0 unspecified atom stereocenters. The third-order valence-corrected chi connectivity index (χ3v) is 3.20. The van der Waals surface area contributed by atoms with Gasteiger partial charge in [0.15, 0.2) is 0 Å². The Bertz CT molecular complexity index is 859. The number of hydrogen-bond acceptors (Lipinski definition) is 2. The van der Waals surface area contributed by atoms with Crippen molar-refractivity contribution in [1.29, 1.82) is 5.26 Å². The minimum Gasteiger partial charge on any atom is -0.327 e. The summed E-state index contributed by atoms with van der Waals surface area (Å²) in [4.78, 5) is 4.29. The Morgan fingerprint density at radius 3 is 2.75 bits per heavy atom. The standard InChI is InChI=1S/C15H9F2N3/c1-20-13-4-2-3-9(8-18)14(13)19-15(20)11-7-10(16)5-6-12(11)17/h2-7H,1H3. The van der Waals surface area contributed by atoms with Crippen molar-refractivity contribution in [1.82, 2.24) is 9.55 Å². The molecule has 3 nitrogen and oxygen atoms in total. The van der Waals surface area contributed by atoms with Crippen molar-refractivity contribution in [2.45, 2.75) is 0 Å². The van der Waals surface area contributed by atoms with Gasteiger partial charge < -0.3 is 4.57 Å². The molecule has 3 rings (SSSR count). The number of nitriles is 1. The van der Waals surface area contributed by atoms with Gasteiger partial charge in [-0.1, -0.05) is 6.07 Å². The van der Waals surface area contributed by atoms with Gasteiger partial charge in [-0.15, -0.1) is 0 Å². The molecular formula is C15H9F2N3. The maximum atomic E-state index is 13.9. The minimum atomic E-state index is -0.552. The Hall–Kier alpha value is -2.74. The van der Waals surface area contributed by atoms with Crippen LogP contribution in [0.15, 0.2) is 36.4 Å². The highest BCUT2D eigenvalue weighted by molar-refractivity contribution is 5.85. The van der Waals surface area contributed by atoms with Gasteiger partial charge in [0.2, 0.25) is 0 Å². The van der Waals surface area contributed by atoms with E-state index < -0.39 is 11.6 Å². The SMILES string of the molecule is Cn1c(-c2cc(F)ccc2F)nc2c(C#N)cccc21. The fourth-order valence-electron chi connectivity index (χ4n) is 2.21. The second kappa shape index (κ2) is 4.42. The number of hydrogen-bond donors (Lipinski definition) is 0. The van der Waals surface area contributed by atoms with Crippen LogP contribution in [0, 0.1) is 23.0 Å². The molecule has 2 aromatic carbocycles. The van der Waals surface area contributed by atoms with Crippen LogP contribution in [0.5, 0.6) is 0 Å². The van der Waals surface area contributed by atoms with Gasteiger partial charge in [0, 0.05) is 7.05 Å². The van der Waals surface area contributed by atoms with Gasteiger partial charge in [-0.05, 0) is 30.3 Å². The molecule has 3 aromatic rings. The molecule has 0 N–H and O–H groups in total. The van der Waals surface area contributed by atoms with E-state index in [9.17, 15) is 8.78 Å². The van der Waals surface area contributed by atoms with Crippen LogP contribution in [0.1, 0.15) is 5.56 Å². The zero-order chi connectivity index (χ0) is 14.3. The van der Waals surface area contributed by atoms with Gasteiger partial charge >= 0.3 is 0 Å². The van der Waals surface area contributed by atoms with E-state index >= 15 is 0 Å². The molecule has 0 fully saturated rings. The largest absolute Gasteiger partial charge is 0.327 e. The molecule has 0 bridgehead atoms. The van der Waals surface area contributed by atoms with E-state index in [1.807, 2.05) is 6.07 Å². The van der Waals surface area contributed by atoms with Crippen molar-refractivity contribution < 1.29 is 8.78 Å². The molecule has 0 aliphatic heterocycles. The van der Waals surface area contributed by atoms with Crippen LogP contribution in [-0.2, 0) is 7.05 Å². The highest BCUT2D eigenvalue weighted by atomic mass is 19.1. The first-order valence-electron chi connectivity index (χ1n) is 5.93. The van der Waals surface area contributed by atoms with Crippen LogP contribution in [0.3, 0.4) is 0 Å². The van der Waals surface area contributed by atoms with E-state index in [0.717, 1.165) is 18.2 Å². The highest BCUT2D eigenvalue weighted by Crippen LogP contribution is 2.27. The summed E-state index contributed by atoms with van der Waals surface area (Å²) in [5.41, 5.74) is 1.66. The quantitative estimate of drug-likeness (QED) is 0.679. The summed E-state index contributed by atoms with van der Waals surface area (Å²) in [5.74, 6) is -0.794. The molecular weight excluding hydrogens is 260 g/mol. The van der Waals surface area contributed by atoms with Gasteiger partial charge in [0.05, 0.1) is 16.6 Å². The first-order chi connectivity index (χ1) is 9.61. The lowest BCUT2D eigenvalue weighted by Gasteiger charge is -2.04. The smallest absolute Gasteiger partial charge is 0.143 e. The van der Waals surface area contributed by atoms with Crippen LogP contribution in [0.2, 0.25) is 0 Å². The van der Waals surface area contributed by atoms with Crippen molar-refractivity contribution in [2.24, 2.45) is 7.05 Å². The van der Waals surface area contributed by atoms with Gasteiger partial charge in [0.1, 0.15) is 29.0 Å². The number of aromatic nitrogens is 2. The average molecular weight is 269 g/mol. The summed E-state index contributed by atoms with van der Waals surface area (Å²) in [7, 11) is 1.70. The van der Waals surface area contributed by atoms with E-state index in [1.54, 1.807) is 29.8 Å². The molecule has 0 atom stereocenters. The number of fused-ring (bicyclic) bond motifs is 1. The molecule has 1 heterocycles. The summed E-state index contributed by atoms with van der Waals surface area (Å²) < 4.78 is 28.8. The predicted molar refractivity (Wildman–Crippen MR) is 70.8 cm³/mol. The van der Waals surface area contributed by atoms with E-state index in [2.05, 4.69) is 4.98 Å². The van der Waals surface area contributed by atoms with Gasteiger partial charge in [-0.25, -0.2) is 13.8 Å². The summed E-state index contributed by atoms with van der Waals surface area (Å²) in [6, 6.07) is 10.4. The maximum absolute atomic E-state index is 13.9. The van der Waals surface area contributed by atoms with Crippen molar-refractivity contribution in [3.05, 3.63) is 53.6 Å². The Morgan fingerprint density at radius 1 is 1.20 bits per heavy atom. The van der Waals surface area contributed by atoms with E-state index in [1.165, 1.54) is 0 Å². The van der Waals surface area contributed by atoms with Gasteiger partial charge in [-0.3, -0.25) is 0 Å². The van der Waals surface area contributed by atoms with Crippen LogP contribution in [0.25, 0.3) is 22.4 Å². The molecule has 0 aliphatic carbocycles. The number of rotatable bonds is 1. The summed E-state index contributed by atoms with van der Waals surface area (Å²) in [6.07, 6.45) is 0. The third-order valence-electron chi connectivity index (χ3n) is 3.20. The average Bonchev–Trinajstić information content (AvgIpc) is 2.79. The molecule has 5 heteroatoms. The molecule has 20 heavy (non-hydrogen) atoms. The number of aryl methyl sites for hydroxylation is 1. The number of imidazole rings is 1. The first kappa shape index (κ1) is 12.3. The van der Waals surface area contributed by atoms with Crippen LogP contribution >= 0.6 is 0 Å². The van der Waals surface area contributed by atoms with Crippen LogP contribution in [0.4, 0.5) is 8.78 Å². The number of nitrogens with zero attached hydrogens (tertiary/aromatic N) is 3. The second-order valence-corrected chi connectivity index (χ2v) is 4.40. The third kappa shape index (κ3) is 1.74. The lowest BCUT2D eigenvalue weighted by Crippen LogP contribution is -1.95. The fraction of sp³-hybridized carbons (Fsp3) is 0.0667. The van der Waals surface area contributed by atoms with Gasteiger partial charge in [0.25, 0.3) is 0 Å². The molecule has 0 amide bonds. The summed E-state index contributed by atoms with van der Waals surface area (Å²) in [6.45, 7) is 0. The van der Waals surface area contributed by atoms with Crippen molar-refractivity contribution >= 4 is 11.0 Å².